The summed E-state index contributed by atoms with van der Waals surface area (Å²) in [6, 6.07) is 9.07. The smallest absolute Gasteiger partial charge is 0.277 e. The third-order valence-electron chi connectivity index (χ3n) is 4.20. The zero-order valence-electron chi connectivity index (χ0n) is 15.7. The second kappa shape index (κ2) is 8.22. The minimum atomic E-state index is -0.559. The molecule has 0 aliphatic carbocycles. The molecule has 1 amide bonds. The summed E-state index contributed by atoms with van der Waals surface area (Å²) >= 11 is 9.35. The Hall–Kier alpha value is -2.91. The van der Waals surface area contributed by atoms with E-state index in [-0.39, 0.29) is 22.8 Å². The molecule has 10 heteroatoms. The molecule has 150 valence electrons. The van der Waals surface area contributed by atoms with Gasteiger partial charge in [0.25, 0.3) is 11.6 Å². The van der Waals surface area contributed by atoms with Crippen LogP contribution in [0.3, 0.4) is 0 Å². The zero-order chi connectivity index (χ0) is 21.3. The molecule has 8 nitrogen and oxygen atoms in total. The van der Waals surface area contributed by atoms with Gasteiger partial charge in [0, 0.05) is 24.2 Å². The first kappa shape index (κ1) is 20.8. The van der Waals surface area contributed by atoms with E-state index in [4.69, 9.17) is 16.3 Å². The van der Waals surface area contributed by atoms with Crippen molar-refractivity contribution in [1.82, 2.24) is 9.78 Å². The van der Waals surface area contributed by atoms with Gasteiger partial charge < -0.3 is 10.1 Å². The summed E-state index contributed by atoms with van der Waals surface area (Å²) in [5, 5.41) is 18.7. The summed E-state index contributed by atoms with van der Waals surface area (Å²) in [4.78, 5) is 23.3. The zero-order valence-corrected chi connectivity index (χ0v) is 18.0. The summed E-state index contributed by atoms with van der Waals surface area (Å²) in [7, 11) is 1.71. The molecule has 0 aliphatic heterocycles. The van der Waals surface area contributed by atoms with Gasteiger partial charge in [-0.05, 0) is 53.5 Å². The van der Waals surface area contributed by atoms with Gasteiger partial charge in [-0.15, -0.1) is 0 Å². The lowest BCUT2D eigenvalue weighted by Crippen LogP contribution is -2.13. The second-order valence-electron chi connectivity index (χ2n) is 6.31. The highest BCUT2D eigenvalue weighted by Crippen LogP contribution is 2.32. The monoisotopic (exact) mass is 478 g/mol. The first-order chi connectivity index (χ1) is 13.7. The molecule has 1 N–H and O–H groups in total. The third-order valence-corrected chi connectivity index (χ3v) is 5.57. The van der Waals surface area contributed by atoms with E-state index in [1.54, 1.807) is 36.9 Å². The predicted molar refractivity (Wildman–Crippen MR) is 113 cm³/mol. The van der Waals surface area contributed by atoms with Gasteiger partial charge >= 0.3 is 0 Å². The van der Waals surface area contributed by atoms with Crippen LogP contribution in [0.1, 0.15) is 21.7 Å². The van der Waals surface area contributed by atoms with E-state index < -0.39 is 10.8 Å². The lowest BCUT2D eigenvalue weighted by atomic mass is 10.2. The van der Waals surface area contributed by atoms with Crippen LogP contribution in [0.4, 0.5) is 11.4 Å². The number of carbonyl (C=O) groups is 1. The van der Waals surface area contributed by atoms with E-state index in [0.29, 0.717) is 15.2 Å². The van der Waals surface area contributed by atoms with Crippen molar-refractivity contribution in [1.29, 1.82) is 0 Å². The van der Waals surface area contributed by atoms with Gasteiger partial charge in [0.05, 0.1) is 26.8 Å². The van der Waals surface area contributed by atoms with Crippen molar-refractivity contribution < 1.29 is 14.5 Å². The van der Waals surface area contributed by atoms with Crippen LogP contribution >= 0.6 is 27.5 Å². The molecule has 0 unspecified atom stereocenters. The Morgan fingerprint density at radius 1 is 1.24 bits per heavy atom. The van der Waals surface area contributed by atoms with Crippen LogP contribution in [0.5, 0.6) is 11.5 Å². The molecule has 29 heavy (non-hydrogen) atoms. The Bertz CT molecular complexity index is 1130. The van der Waals surface area contributed by atoms with Crippen molar-refractivity contribution in [3.05, 3.63) is 73.0 Å². The lowest BCUT2D eigenvalue weighted by Gasteiger charge is -2.10. The number of hydrogen-bond acceptors (Lipinski definition) is 5. The first-order valence-corrected chi connectivity index (χ1v) is 9.56. The fourth-order valence-corrected chi connectivity index (χ4v) is 3.19. The molecule has 0 radical (unpaired) electrons. The molecular formula is C19H16BrClN4O4. The van der Waals surface area contributed by atoms with Crippen molar-refractivity contribution >= 4 is 44.8 Å². The van der Waals surface area contributed by atoms with Gasteiger partial charge in [-0.25, -0.2) is 0 Å². The SMILES string of the molecule is Cc1cc(Oc2cc(NC(=O)c3nn(C)c(C)c3Br)cc([N+](=O)[O-])c2)ccc1Cl. The van der Waals surface area contributed by atoms with Crippen LogP contribution in [0.2, 0.25) is 5.02 Å². The number of hydrogen-bond donors (Lipinski definition) is 1. The number of rotatable bonds is 5. The van der Waals surface area contributed by atoms with E-state index in [2.05, 4.69) is 26.3 Å². The number of carbonyl (C=O) groups excluding carboxylic acids is 1. The summed E-state index contributed by atoms with van der Waals surface area (Å²) in [5.74, 6) is 0.162. The van der Waals surface area contributed by atoms with Crippen molar-refractivity contribution in [2.75, 3.05) is 5.32 Å². The van der Waals surface area contributed by atoms with E-state index >= 15 is 0 Å². The third kappa shape index (κ3) is 4.57. The normalized spacial score (nSPS) is 10.7. The van der Waals surface area contributed by atoms with Gasteiger partial charge in [-0.1, -0.05) is 11.6 Å². The Kier molecular flexibility index (Phi) is 5.90. The van der Waals surface area contributed by atoms with E-state index in [0.717, 1.165) is 11.3 Å². The fraction of sp³-hybridized carbons (Fsp3) is 0.158. The topological polar surface area (TPSA) is 99.3 Å². The number of nitrogens with zero attached hydrogens (tertiary/aromatic N) is 3. The lowest BCUT2D eigenvalue weighted by molar-refractivity contribution is -0.384. The Labute approximate surface area is 179 Å². The molecule has 3 rings (SSSR count). The number of amides is 1. The Morgan fingerprint density at radius 2 is 1.97 bits per heavy atom. The molecule has 0 spiro atoms. The van der Waals surface area contributed by atoms with Crippen molar-refractivity contribution in [2.24, 2.45) is 7.05 Å². The standard InChI is InChI=1S/C19H16BrClN4O4/c1-10-6-14(4-5-16(10)21)29-15-8-12(7-13(9-15)25(27)28)22-19(26)18-17(20)11(2)24(3)23-18/h4-9H,1-3H3,(H,22,26). The van der Waals surface area contributed by atoms with Crippen LogP contribution in [-0.2, 0) is 7.05 Å². The summed E-state index contributed by atoms with van der Waals surface area (Å²) in [6.45, 7) is 3.63. The molecule has 0 saturated heterocycles. The summed E-state index contributed by atoms with van der Waals surface area (Å²) in [5.41, 5.74) is 1.74. The van der Waals surface area contributed by atoms with Crippen LogP contribution in [0, 0.1) is 24.0 Å². The minimum absolute atomic E-state index is 0.173. The van der Waals surface area contributed by atoms with Gasteiger partial charge in [0.15, 0.2) is 5.69 Å². The van der Waals surface area contributed by atoms with E-state index in [1.807, 2.05) is 6.92 Å². The number of benzene rings is 2. The van der Waals surface area contributed by atoms with Gasteiger partial charge in [-0.3, -0.25) is 19.6 Å². The first-order valence-electron chi connectivity index (χ1n) is 8.39. The van der Waals surface area contributed by atoms with Crippen LogP contribution < -0.4 is 10.1 Å². The van der Waals surface area contributed by atoms with Gasteiger partial charge in [0.2, 0.25) is 0 Å². The summed E-state index contributed by atoms with van der Waals surface area (Å²) < 4.78 is 7.85. The van der Waals surface area contributed by atoms with Crippen LogP contribution in [-0.4, -0.2) is 20.6 Å². The molecule has 0 atom stereocenters. The highest BCUT2D eigenvalue weighted by Gasteiger charge is 2.19. The number of nitro benzene ring substituents is 1. The molecule has 0 saturated carbocycles. The van der Waals surface area contributed by atoms with Gasteiger partial charge in [0.1, 0.15) is 11.5 Å². The van der Waals surface area contributed by atoms with Crippen molar-refractivity contribution in [2.45, 2.75) is 13.8 Å². The minimum Gasteiger partial charge on any atom is -0.457 e. The maximum Gasteiger partial charge on any atom is 0.277 e. The number of aromatic nitrogens is 2. The maximum atomic E-state index is 12.6. The number of anilines is 1. The number of aryl methyl sites for hydroxylation is 2. The number of non-ortho nitro benzene ring substituents is 1. The maximum absolute atomic E-state index is 12.6. The molecule has 1 aromatic heterocycles. The van der Waals surface area contributed by atoms with Crippen LogP contribution in [0.15, 0.2) is 40.9 Å². The Balaban J connectivity index is 1.92. The highest BCUT2D eigenvalue weighted by atomic mass is 79.9. The number of nitrogens with one attached hydrogen (secondary N) is 1. The largest absolute Gasteiger partial charge is 0.457 e. The number of halogens is 2. The van der Waals surface area contributed by atoms with Crippen LogP contribution in [0.25, 0.3) is 0 Å². The van der Waals surface area contributed by atoms with Crippen molar-refractivity contribution in [3.63, 3.8) is 0 Å². The number of nitro groups is 1. The molecular weight excluding hydrogens is 464 g/mol. The number of ether oxygens (including phenoxy) is 1. The second-order valence-corrected chi connectivity index (χ2v) is 7.51. The average molecular weight is 480 g/mol. The Morgan fingerprint density at radius 3 is 2.55 bits per heavy atom. The molecule has 3 aromatic rings. The molecule has 0 aliphatic rings. The highest BCUT2D eigenvalue weighted by molar-refractivity contribution is 9.10. The molecule has 0 fully saturated rings. The van der Waals surface area contributed by atoms with E-state index in [9.17, 15) is 14.9 Å². The molecule has 1 heterocycles. The van der Waals surface area contributed by atoms with Gasteiger partial charge in [-0.2, -0.15) is 5.10 Å². The summed E-state index contributed by atoms with van der Waals surface area (Å²) in [6.07, 6.45) is 0. The quantitative estimate of drug-likeness (QED) is 0.390. The molecule has 0 bridgehead atoms. The van der Waals surface area contributed by atoms with Crippen molar-refractivity contribution in [3.8, 4) is 11.5 Å². The average Bonchev–Trinajstić information content (AvgIpc) is 2.92. The predicted octanol–water partition coefficient (Wildman–Crippen LogP) is 5.41. The fourth-order valence-electron chi connectivity index (χ4n) is 2.55. The molecule has 2 aromatic carbocycles. The van der Waals surface area contributed by atoms with E-state index in [1.165, 1.54) is 18.2 Å².